The Morgan fingerprint density at radius 2 is 1.89 bits per heavy atom. The molecule has 0 fully saturated rings. The number of fused-ring (bicyclic) bond motifs is 1. The number of benzene rings is 1. The number of halogens is 3. The second-order valence-electron chi connectivity index (χ2n) is 4.01. The number of hydrogen-bond donors (Lipinski definition) is 0. The van der Waals surface area contributed by atoms with Crippen LogP contribution in [0.2, 0.25) is 9.49 Å². The van der Waals surface area contributed by atoms with Gasteiger partial charge in [0.05, 0.1) is 14.7 Å². The first-order chi connectivity index (χ1) is 9.06. The topological polar surface area (TPSA) is 25.8 Å². The Balaban J connectivity index is 2.31. The van der Waals surface area contributed by atoms with Crippen LogP contribution in [-0.2, 0) is 0 Å². The highest BCUT2D eigenvalue weighted by molar-refractivity contribution is 9.10. The van der Waals surface area contributed by atoms with E-state index in [1.54, 1.807) is 0 Å². The van der Waals surface area contributed by atoms with Crippen molar-refractivity contribution >= 4 is 61.4 Å². The standard InChI is InChI=1S/C13H7BrCl2N2S/c1-6-8(14)3-2-7-11(6)17-13(18-12(7)16)9-4-5-10(15)19-9/h2-5H,1H3. The molecule has 0 radical (unpaired) electrons. The number of aromatic nitrogens is 2. The van der Waals surface area contributed by atoms with E-state index in [-0.39, 0.29) is 0 Å². The molecular weight excluding hydrogens is 367 g/mol. The van der Waals surface area contributed by atoms with Gasteiger partial charge in [-0.1, -0.05) is 39.1 Å². The predicted molar refractivity (Wildman–Crippen MR) is 85.3 cm³/mol. The van der Waals surface area contributed by atoms with Crippen LogP contribution >= 0.6 is 50.5 Å². The van der Waals surface area contributed by atoms with Crippen molar-refractivity contribution in [1.82, 2.24) is 9.97 Å². The molecule has 0 unspecified atom stereocenters. The fourth-order valence-electron chi connectivity index (χ4n) is 1.81. The van der Waals surface area contributed by atoms with E-state index in [1.807, 2.05) is 31.2 Å². The highest BCUT2D eigenvalue weighted by Gasteiger charge is 2.12. The third-order valence-corrected chi connectivity index (χ3v) is 5.18. The van der Waals surface area contributed by atoms with Gasteiger partial charge in [0.15, 0.2) is 5.82 Å². The smallest absolute Gasteiger partial charge is 0.171 e. The zero-order valence-electron chi connectivity index (χ0n) is 9.75. The SMILES string of the molecule is Cc1c(Br)ccc2c(Cl)nc(-c3ccc(Cl)s3)nc12. The molecule has 0 amide bonds. The maximum Gasteiger partial charge on any atom is 0.171 e. The summed E-state index contributed by atoms with van der Waals surface area (Å²) in [6, 6.07) is 7.60. The molecule has 0 bridgehead atoms. The molecular formula is C13H7BrCl2N2S. The largest absolute Gasteiger partial charge is 0.227 e. The van der Waals surface area contributed by atoms with Crippen LogP contribution in [0.1, 0.15) is 5.56 Å². The molecule has 0 saturated carbocycles. The normalized spacial score (nSPS) is 11.2. The summed E-state index contributed by atoms with van der Waals surface area (Å²) in [5.41, 5.74) is 1.90. The molecule has 2 nitrogen and oxygen atoms in total. The molecule has 3 rings (SSSR count). The van der Waals surface area contributed by atoms with E-state index in [2.05, 4.69) is 25.9 Å². The molecule has 0 atom stereocenters. The zero-order chi connectivity index (χ0) is 13.6. The van der Waals surface area contributed by atoms with Crippen molar-refractivity contribution in [3.63, 3.8) is 0 Å². The van der Waals surface area contributed by atoms with Crippen molar-refractivity contribution in [1.29, 1.82) is 0 Å². The van der Waals surface area contributed by atoms with E-state index in [9.17, 15) is 0 Å². The molecule has 3 aromatic rings. The molecule has 6 heteroatoms. The Labute approximate surface area is 132 Å². The molecule has 19 heavy (non-hydrogen) atoms. The molecule has 0 spiro atoms. The van der Waals surface area contributed by atoms with Crippen LogP contribution < -0.4 is 0 Å². The molecule has 2 heterocycles. The number of aryl methyl sites for hydroxylation is 1. The third kappa shape index (κ3) is 2.38. The van der Waals surface area contributed by atoms with E-state index < -0.39 is 0 Å². The Morgan fingerprint density at radius 1 is 1.11 bits per heavy atom. The van der Waals surface area contributed by atoms with Gasteiger partial charge in [-0.3, -0.25) is 0 Å². The highest BCUT2D eigenvalue weighted by atomic mass is 79.9. The van der Waals surface area contributed by atoms with E-state index in [1.165, 1.54) is 11.3 Å². The molecule has 2 aromatic heterocycles. The summed E-state index contributed by atoms with van der Waals surface area (Å²) in [7, 11) is 0. The number of thiophene rings is 1. The second kappa shape index (κ2) is 5.02. The van der Waals surface area contributed by atoms with Crippen molar-refractivity contribution in [3.8, 4) is 10.7 Å². The Bertz CT molecular complexity index is 786. The van der Waals surface area contributed by atoms with Crippen LogP contribution in [0.15, 0.2) is 28.7 Å². The van der Waals surface area contributed by atoms with E-state index >= 15 is 0 Å². The second-order valence-corrected chi connectivity index (χ2v) is 6.94. The maximum absolute atomic E-state index is 6.25. The summed E-state index contributed by atoms with van der Waals surface area (Å²) in [6.45, 7) is 2.00. The fourth-order valence-corrected chi connectivity index (χ4v) is 3.34. The summed E-state index contributed by atoms with van der Waals surface area (Å²) in [5, 5.41) is 1.31. The predicted octanol–water partition coefficient (Wildman–Crippen LogP) is 5.74. The summed E-state index contributed by atoms with van der Waals surface area (Å²) in [6.07, 6.45) is 0. The Hall–Kier alpha value is -0.680. The number of rotatable bonds is 1. The summed E-state index contributed by atoms with van der Waals surface area (Å²) in [5.74, 6) is 0.607. The van der Waals surface area contributed by atoms with Crippen molar-refractivity contribution in [2.45, 2.75) is 6.92 Å². The van der Waals surface area contributed by atoms with Gasteiger partial charge < -0.3 is 0 Å². The van der Waals surface area contributed by atoms with Gasteiger partial charge in [-0.25, -0.2) is 9.97 Å². The van der Waals surface area contributed by atoms with Crippen molar-refractivity contribution in [3.05, 3.63) is 43.8 Å². The lowest BCUT2D eigenvalue weighted by molar-refractivity contribution is 1.22. The first-order valence-electron chi connectivity index (χ1n) is 5.44. The van der Waals surface area contributed by atoms with Crippen molar-refractivity contribution in [2.24, 2.45) is 0 Å². The average Bonchev–Trinajstić information content (AvgIpc) is 2.81. The van der Waals surface area contributed by atoms with E-state index in [0.29, 0.717) is 15.3 Å². The lowest BCUT2D eigenvalue weighted by Gasteiger charge is -2.07. The minimum atomic E-state index is 0.458. The zero-order valence-corrected chi connectivity index (χ0v) is 13.7. The van der Waals surface area contributed by atoms with Crippen LogP contribution in [0.3, 0.4) is 0 Å². The van der Waals surface area contributed by atoms with E-state index in [0.717, 1.165) is 25.8 Å². The minimum absolute atomic E-state index is 0.458. The monoisotopic (exact) mass is 372 g/mol. The molecule has 0 aliphatic heterocycles. The summed E-state index contributed by atoms with van der Waals surface area (Å²) < 4.78 is 1.71. The van der Waals surface area contributed by atoms with Gasteiger partial charge in [0.1, 0.15) is 5.15 Å². The Kier molecular flexibility index (Phi) is 3.52. The molecule has 96 valence electrons. The van der Waals surface area contributed by atoms with E-state index in [4.69, 9.17) is 23.2 Å². The van der Waals surface area contributed by atoms with Crippen LogP contribution in [0.4, 0.5) is 0 Å². The van der Waals surface area contributed by atoms with Crippen LogP contribution in [0.5, 0.6) is 0 Å². The first-order valence-corrected chi connectivity index (χ1v) is 7.81. The number of hydrogen-bond acceptors (Lipinski definition) is 3. The van der Waals surface area contributed by atoms with Crippen LogP contribution in [0, 0.1) is 6.92 Å². The van der Waals surface area contributed by atoms with Gasteiger partial charge >= 0.3 is 0 Å². The molecule has 0 N–H and O–H groups in total. The third-order valence-electron chi connectivity index (χ3n) is 2.80. The maximum atomic E-state index is 6.25. The lowest BCUT2D eigenvalue weighted by Crippen LogP contribution is -1.93. The first kappa shape index (κ1) is 13.3. The van der Waals surface area contributed by atoms with Gasteiger partial charge in [0.2, 0.25) is 0 Å². The lowest BCUT2D eigenvalue weighted by atomic mass is 10.1. The van der Waals surface area contributed by atoms with Gasteiger partial charge in [-0.2, -0.15) is 0 Å². The van der Waals surface area contributed by atoms with Crippen LogP contribution in [0.25, 0.3) is 21.6 Å². The molecule has 0 saturated heterocycles. The molecule has 0 aliphatic rings. The summed E-state index contributed by atoms with van der Waals surface area (Å²) in [4.78, 5) is 9.86. The van der Waals surface area contributed by atoms with Gasteiger partial charge in [-0.15, -0.1) is 11.3 Å². The van der Waals surface area contributed by atoms with Crippen LogP contribution in [-0.4, -0.2) is 9.97 Å². The number of nitrogens with zero attached hydrogens (tertiary/aromatic N) is 2. The van der Waals surface area contributed by atoms with Crippen molar-refractivity contribution in [2.75, 3.05) is 0 Å². The molecule has 1 aromatic carbocycles. The van der Waals surface area contributed by atoms with Gasteiger partial charge in [0.25, 0.3) is 0 Å². The fraction of sp³-hybridized carbons (Fsp3) is 0.0769. The molecule has 0 aliphatic carbocycles. The van der Waals surface area contributed by atoms with Gasteiger partial charge in [-0.05, 0) is 36.8 Å². The quantitative estimate of drug-likeness (QED) is 0.508. The summed E-state index contributed by atoms with van der Waals surface area (Å²) >= 11 is 17.1. The van der Waals surface area contributed by atoms with Gasteiger partial charge in [0, 0.05) is 9.86 Å². The highest BCUT2D eigenvalue weighted by Crippen LogP contribution is 2.33. The Morgan fingerprint density at radius 3 is 2.58 bits per heavy atom. The minimum Gasteiger partial charge on any atom is -0.227 e. The average molecular weight is 374 g/mol. The van der Waals surface area contributed by atoms with Crippen molar-refractivity contribution < 1.29 is 0 Å².